The van der Waals surface area contributed by atoms with E-state index in [2.05, 4.69) is 19.9 Å². The molecule has 1 N–H and O–H groups in total. The van der Waals surface area contributed by atoms with Crippen molar-refractivity contribution in [2.24, 2.45) is 0 Å². The summed E-state index contributed by atoms with van der Waals surface area (Å²) >= 11 is 1.40. The van der Waals surface area contributed by atoms with Gasteiger partial charge in [0.1, 0.15) is 0 Å². The van der Waals surface area contributed by atoms with Crippen LogP contribution in [0.25, 0.3) is 0 Å². The molecule has 0 fully saturated rings. The van der Waals surface area contributed by atoms with Gasteiger partial charge in [0.25, 0.3) is 0 Å². The Morgan fingerprint density at radius 1 is 1.50 bits per heavy atom. The van der Waals surface area contributed by atoms with Gasteiger partial charge in [-0.1, -0.05) is 0 Å². The van der Waals surface area contributed by atoms with Crippen LogP contribution in [0.3, 0.4) is 0 Å². The van der Waals surface area contributed by atoms with E-state index in [1.54, 1.807) is 12.5 Å². The number of anilines is 1. The van der Waals surface area contributed by atoms with E-state index in [0.29, 0.717) is 5.69 Å². The van der Waals surface area contributed by atoms with Gasteiger partial charge in [0.15, 0.2) is 10.8 Å². The van der Waals surface area contributed by atoms with Crippen molar-refractivity contribution in [1.29, 1.82) is 0 Å². The van der Waals surface area contributed by atoms with Crippen LogP contribution >= 0.6 is 11.3 Å². The van der Waals surface area contributed by atoms with Gasteiger partial charge in [0.2, 0.25) is 0 Å². The van der Waals surface area contributed by atoms with Gasteiger partial charge in [-0.2, -0.15) is 0 Å². The van der Waals surface area contributed by atoms with Gasteiger partial charge in [-0.3, -0.25) is 0 Å². The van der Waals surface area contributed by atoms with E-state index in [9.17, 15) is 4.79 Å². The molecule has 18 heavy (non-hydrogen) atoms. The molecule has 0 bridgehead atoms. The molecule has 0 aromatic carbocycles. The fourth-order valence-electron chi connectivity index (χ4n) is 1.27. The van der Waals surface area contributed by atoms with Crippen molar-refractivity contribution in [1.82, 2.24) is 9.88 Å². The van der Waals surface area contributed by atoms with Crippen LogP contribution in [0.1, 0.15) is 10.5 Å². The van der Waals surface area contributed by atoms with Crippen molar-refractivity contribution in [3.05, 3.63) is 11.1 Å². The van der Waals surface area contributed by atoms with Crippen molar-refractivity contribution in [3.63, 3.8) is 0 Å². The van der Waals surface area contributed by atoms with Crippen LogP contribution in [0.5, 0.6) is 0 Å². The number of ether oxygens (including phenoxy) is 2. The SMILES string of the molecule is COCCN(C)CCNc1nc(C(=O)OC)cs1. The van der Waals surface area contributed by atoms with Gasteiger partial charge < -0.3 is 19.7 Å². The number of carbonyl (C=O) groups excluding carboxylic acids is 1. The Kier molecular flexibility index (Phi) is 6.63. The zero-order chi connectivity index (χ0) is 13.4. The molecule has 7 heteroatoms. The Labute approximate surface area is 111 Å². The number of methoxy groups -OCH3 is 2. The van der Waals surface area contributed by atoms with E-state index in [-0.39, 0.29) is 0 Å². The first-order valence-corrected chi connectivity index (χ1v) is 6.50. The molecule has 0 unspecified atom stereocenters. The maximum atomic E-state index is 11.2. The summed E-state index contributed by atoms with van der Waals surface area (Å²) in [7, 11) is 5.07. The summed E-state index contributed by atoms with van der Waals surface area (Å²) < 4.78 is 9.59. The Morgan fingerprint density at radius 2 is 2.28 bits per heavy atom. The van der Waals surface area contributed by atoms with Crippen molar-refractivity contribution < 1.29 is 14.3 Å². The van der Waals surface area contributed by atoms with E-state index in [1.165, 1.54) is 18.4 Å². The lowest BCUT2D eigenvalue weighted by molar-refractivity contribution is 0.0595. The number of esters is 1. The lowest BCUT2D eigenvalue weighted by atomic mass is 10.5. The van der Waals surface area contributed by atoms with E-state index in [4.69, 9.17) is 4.74 Å². The molecule has 0 aliphatic heterocycles. The van der Waals surface area contributed by atoms with Crippen LogP contribution < -0.4 is 5.32 Å². The van der Waals surface area contributed by atoms with Crippen LogP contribution in [0.15, 0.2) is 5.38 Å². The molecule has 0 amide bonds. The van der Waals surface area contributed by atoms with Gasteiger partial charge in [0, 0.05) is 32.1 Å². The zero-order valence-corrected chi connectivity index (χ0v) is 11.7. The normalized spacial score (nSPS) is 10.7. The summed E-state index contributed by atoms with van der Waals surface area (Å²) in [6.07, 6.45) is 0. The molecule has 0 spiro atoms. The molecule has 6 nitrogen and oxygen atoms in total. The largest absolute Gasteiger partial charge is 0.464 e. The zero-order valence-electron chi connectivity index (χ0n) is 10.9. The summed E-state index contributed by atoms with van der Waals surface area (Å²) in [6.45, 7) is 3.27. The molecule has 0 saturated carbocycles. The smallest absolute Gasteiger partial charge is 0.357 e. The molecular weight excluding hydrogens is 254 g/mol. The Bertz CT molecular complexity index is 370. The minimum atomic E-state index is -0.406. The Balaban J connectivity index is 2.27. The number of likely N-dealkylation sites (N-methyl/N-ethyl adjacent to an activating group) is 1. The second-order valence-corrected chi connectivity index (χ2v) is 4.61. The van der Waals surface area contributed by atoms with Gasteiger partial charge >= 0.3 is 5.97 Å². The minimum Gasteiger partial charge on any atom is -0.464 e. The number of hydrogen-bond donors (Lipinski definition) is 1. The predicted molar refractivity (Wildman–Crippen MR) is 71.3 cm³/mol. The number of hydrogen-bond acceptors (Lipinski definition) is 7. The molecular formula is C11H19N3O3S. The van der Waals surface area contributed by atoms with Crippen LogP contribution in [0, 0.1) is 0 Å². The second kappa shape index (κ2) is 8.02. The Morgan fingerprint density at radius 3 is 2.94 bits per heavy atom. The third kappa shape index (κ3) is 4.99. The highest BCUT2D eigenvalue weighted by molar-refractivity contribution is 7.13. The average Bonchev–Trinajstić information content (AvgIpc) is 2.84. The number of carbonyl (C=O) groups is 1. The van der Waals surface area contributed by atoms with Crippen molar-refractivity contribution in [2.75, 3.05) is 52.8 Å². The molecule has 0 radical (unpaired) electrons. The summed E-state index contributed by atoms with van der Waals surface area (Å²) in [6, 6.07) is 0. The fourth-order valence-corrected chi connectivity index (χ4v) is 1.97. The van der Waals surface area contributed by atoms with Gasteiger partial charge in [-0.15, -0.1) is 11.3 Å². The van der Waals surface area contributed by atoms with E-state index in [0.717, 1.165) is 31.4 Å². The average molecular weight is 273 g/mol. The van der Waals surface area contributed by atoms with Crippen molar-refractivity contribution >= 4 is 22.4 Å². The topological polar surface area (TPSA) is 63.7 Å². The highest BCUT2D eigenvalue weighted by Crippen LogP contribution is 2.15. The first-order valence-electron chi connectivity index (χ1n) is 5.62. The molecule has 0 aliphatic rings. The number of nitrogens with one attached hydrogen (secondary N) is 1. The standard InChI is InChI=1S/C11H19N3O3S/c1-14(6-7-16-2)5-4-12-11-13-9(8-18-11)10(15)17-3/h8H,4-7H2,1-3H3,(H,12,13). The van der Waals surface area contributed by atoms with E-state index < -0.39 is 5.97 Å². The van der Waals surface area contributed by atoms with Crippen LogP contribution in [-0.2, 0) is 9.47 Å². The summed E-state index contributed by atoms with van der Waals surface area (Å²) in [5.41, 5.74) is 0.345. The molecule has 0 aliphatic carbocycles. The van der Waals surface area contributed by atoms with E-state index >= 15 is 0 Å². The van der Waals surface area contributed by atoms with Crippen molar-refractivity contribution in [2.45, 2.75) is 0 Å². The summed E-state index contributed by atoms with van der Waals surface area (Å²) in [5.74, 6) is -0.406. The van der Waals surface area contributed by atoms with Crippen LogP contribution in [0.4, 0.5) is 5.13 Å². The third-order valence-corrected chi connectivity index (χ3v) is 3.15. The minimum absolute atomic E-state index is 0.345. The van der Waals surface area contributed by atoms with Gasteiger partial charge in [0.05, 0.1) is 13.7 Å². The first kappa shape index (κ1) is 14.9. The highest BCUT2D eigenvalue weighted by atomic mass is 32.1. The van der Waals surface area contributed by atoms with Crippen LogP contribution in [0.2, 0.25) is 0 Å². The van der Waals surface area contributed by atoms with E-state index in [1.807, 2.05) is 7.05 Å². The van der Waals surface area contributed by atoms with Gasteiger partial charge in [-0.05, 0) is 7.05 Å². The molecule has 102 valence electrons. The number of rotatable bonds is 8. The third-order valence-electron chi connectivity index (χ3n) is 2.35. The number of aromatic nitrogens is 1. The molecule has 0 saturated heterocycles. The maximum absolute atomic E-state index is 11.2. The maximum Gasteiger partial charge on any atom is 0.357 e. The summed E-state index contributed by atoms with van der Waals surface area (Å²) in [4.78, 5) is 17.5. The number of thiazole rings is 1. The van der Waals surface area contributed by atoms with Crippen molar-refractivity contribution in [3.8, 4) is 0 Å². The summed E-state index contributed by atoms with van der Waals surface area (Å²) in [5, 5.41) is 5.58. The highest BCUT2D eigenvalue weighted by Gasteiger charge is 2.10. The predicted octanol–water partition coefficient (Wildman–Crippen LogP) is 0.920. The fraction of sp³-hybridized carbons (Fsp3) is 0.636. The Hall–Kier alpha value is -1.18. The molecule has 1 rings (SSSR count). The molecule has 0 atom stereocenters. The number of nitrogens with zero attached hydrogens (tertiary/aromatic N) is 2. The molecule has 1 aromatic rings. The second-order valence-electron chi connectivity index (χ2n) is 3.75. The lowest BCUT2D eigenvalue weighted by Gasteiger charge is -2.15. The monoisotopic (exact) mass is 273 g/mol. The first-order chi connectivity index (χ1) is 8.67. The molecule has 1 aromatic heterocycles. The van der Waals surface area contributed by atoms with Crippen LogP contribution in [-0.4, -0.2) is 63.4 Å². The quantitative estimate of drug-likeness (QED) is 0.711. The molecule has 1 heterocycles. The van der Waals surface area contributed by atoms with Gasteiger partial charge in [-0.25, -0.2) is 9.78 Å². The lowest BCUT2D eigenvalue weighted by Crippen LogP contribution is -2.28.